The maximum Gasteiger partial charge on any atom is 0.220 e. The molecule has 0 fully saturated rings. The minimum atomic E-state index is 0.0994. The summed E-state index contributed by atoms with van der Waals surface area (Å²) in [5.74, 6) is 1.08. The molecular formula is C14H18N2O2. The standard InChI is InChI=1S/C14H18N2O2/c1-18-14-9-12(6-7-15-14)10-16-13(17)8-11-4-2-3-5-11/h2,4,6-7,9,11H,3,5,8,10H2,1H3,(H,16,17). The Balaban J connectivity index is 1.79. The van der Waals surface area contributed by atoms with Crippen molar-refractivity contribution in [1.29, 1.82) is 0 Å². The number of pyridine rings is 1. The van der Waals surface area contributed by atoms with Crippen LogP contribution in [-0.4, -0.2) is 18.0 Å². The molecule has 1 aliphatic carbocycles. The van der Waals surface area contributed by atoms with Crippen LogP contribution in [0.15, 0.2) is 30.5 Å². The highest BCUT2D eigenvalue weighted by molar-refractivity contribution is 5.76. The molecule has 0 aliphatic heterocycles. The topological polar surface area (TPSA) is 51.2 Å². The molecule has 1 heterocycles. The molecule has 4 heteroatoms. The molecule has 0 saturated carbocycles. The van der Waals surface area contributed by atoms with Gasteiger partial charge in [-0.15, -0.1) is 0 Å². The van der Waals surface area contributed by atoms with Crippen LogP contribution in [0.3, 0.4) is 0 Å². The fraction of sp³-hybridized carbons (Fsp3) is 0.429. The van der Waals surface area contributed by atoms with E-state index < -0.39 is 0 Å². The van der Waals surface area contributed by atoms with Crippen LogP contribution in [0.25, 0.3) is 0 Å². The maximum atomic E-state index is 11.7. The van der Waals surface area contributed by atoms with Crippen LogP contribution in [0.1, 0.15) is 24.8 Å². The van der Waals surface area contributed by atoms with Crippen molar-refractivity contribution in [3.05, 3.63) is 36.0 Å². The molecule has 0 bridgehead atoms. The van der Waals surface area contributed by atoms with Crippen molar-refractivity contribution < 1.29 is 9.53 Å². The first kappa shape index (κ1) is 12.6. The summed E-state index contributed by atoms with van der Waals surface area (Å²) in [5, 5.41) is 2.92. The second-order valence-corrected chi connectivity index (χ2v) is 4.45. The molecule has 1 aliphatic rings. The van der Waals surface area contributed by atoms with Gasteiger partial charge in [0.25, 0.3) is 0 Å². The molecule has 0 spiro atoms. The summed E-state index contributed by atoms with van der Waals surface area (Å²) >= 11 is 0. The lowest BCUT2D eigenvalue weighted by Crippen LogP contribution is -2.24. The number of nitrogens with one attached hydrogen (secondary N) is 1. The predicted molar refractivity (Wildman–Crippen MR) is 69.1 cm³/mol. The molecular weight excluding hydrogens is 228 g/mol. The predicted octanol–water partition coefficient (Wildman–Crippen LogP) is 2.06. The van der Waals surface area contributed by atoms with Gasteiger partial charge in [-0.2, -0.15) is 0 Å². The molecule has 18 heavy (non-hydrogen) atoms. The molecule has 1 aromatic rings. The summed E-state index contributed by atoms with van der Waals surface area (Å²) in [6.45, 7) is 0.522. The minimum absolute atomic E-state index is 0.0994. The van der Waals surface area contributed by atoms with Crippen molar-refractivity contribution in [1.82, 2.24) is 10.3 Å². The van der Waals surface area contributed by atoms with E-state index in [1.54, 1.807) is 13.3 Å². The summed E-state index contributed by atoms with van der Waals surface area (Å²) in [5.41, 5.74) is 0.997. The first-order valence-corrected chi connectivity index (χ1v) is 6.20. The normalized spacial score (nSPS) is 17.7. The van der Waals surface area contributed by atoms with E-state index in [0.717, 1.165) is 18.4 Å². The fourth-order valence-corrected chi connectivity index (χ4v) is 2.05. The number of rotatable bonds is 5. The van der Waals surface area contributed by atoms with Crippen molar-refractivity contribution >= 4 is 5.91 Å². The Morgan fingerprint density at radius 2 is 2.50 bits per heavy atom. The molecule has 2 rings (SSSR count). The number of carbonyl (C=O) groups is 1. The summed E-state index contributed by atoms with van der Waals surface area (Å²) in [7, 11) is 1.58. The summed E-state index contributed by atoms with van der Waals surface area (Å²) in [4.78, 5) is 15.8. The van der Waals surface area contributed by atoms with Gasteiger partial charge in [-0.1, -0.05) is 12.2 Å². The molecule has 1 aromatic heterocycles. The second-order valence-electron chi connectivity index (χ2n) is 4.45. The number of carbonyl (C=O) groups excluding carboxylic acids is 1. The van der Waals surface area contributed by atoms with Gasteiger partial charge in [-0.05, 0) is 30.4 Å². The molecule has 0 saturated heterocycles. The van der Waals surface area contributed by atoms with Crippen molar-refractivity contribution in [3.63, 3.8) is 0 Å². The van der Waals surface area contributed by atoms with Gasteiger partial charge in [0.1, 0.15) is 0 Å². The number of allylic oxidation sites excluding steroid dienone is 2. The van der Waals surface area contributed by atoms with Gasteiger partial charge in [0.2, 0.25) is 11.8 Å². The van der Waals surface area contributed by atoms with Crippen molar-refractivity contribution in [2.45, 2.75) is 25.8 Å². The van der Waals surface area contributed by atoms with Crippen LogP contribution in [0.5, 0.6) is 5.88 Å². The average molecular weight is 246 g/mol. The van der Waals surface area contributed by atoms with Crippen molar-refractivity contribution in [2.24, 2.45) is 5.92 Å². The van der Waals surface area contributed by atoms with E-state index in [4.69, 9.17) is 4.74 Å². The zero-order valence-electron chi connectivity index (χ0n) is 10.6. The Morgan fingerprint density at radius 3 is 3.22 bits per heavy atom. The van der Waals surface area contributed by atoms with E-state index >= 15 is 0 Å². The summed E-state index contributed by atoms with van der Waals surface area (Å²) in [6.07, 6.45) is 8.73. The summed E-state index contributed by atoms with van der Waals surface area (Å²) in [6, 6.07) is 3.70. The van der Waals surface area contributed by atoms with E-state index in [1.165, 1.54) is 0 Å². The van der Waals surface area contributed by atoms with Crippen LogP contribution in [-0.2, 0) is 11.3 Å². The van der Waals surface area contributed by atoms with E-state index in [-0.39, 0.29) is 5.91 Å². The van der Waals surface area contributed by atoms with E-state index in [0.29, 0.717) is 24.8 Å². The maximum absolute atomic E-state index is 11.7. The van der Waals surface area contributed by atoms with Crippen molar-refractivity contribution in [3.8, 4) is 5.88 Å². The largest absolute Gasteiger partial charge is 0.481 e. The Kier molecular flexibility index (Phi) is 4.34. The molecule has 1 amide bonds. The minimum Gasteiger partial charge on any atom is -0.481 e. The molecule has 1 atom stereocenters. The first-order valence-electron chi connectivity index (χ1n) is 6.20. The van der Waals surface area contributed by atoms with E-state index in [1.807, 2.05) is 12.1 Å². The summed E-state index contributed by atoms with van der Waals surface area (Å²) < 4.78 is 5.04. The quantitative estimate of drug-likeness (QED) is 0.809. The first-order chi connectivity index (χ1) is 8.78. The zero-order chi connectivity index (χ0) is 12.8. The van der Waals surface area contributed by atoms with Crippen LogP contribution in [0.2, 0.25) is 0 Å². The third kappa shape index (κ3) is 3.58. The Labute approximate surface area is 107 Å². The Hall–Kier alpha value is -1.84. The molecule has 96 valence electrons. The van der Waals surface area contributed by atoms with Gasteiger partial charge in [-0.25, -0.2) is 4.98 Å². The Morgan fingerprint density at radius 1 is 1.61 bits per heavy atom. The molecule has 0 aromatic carbocycles. The molecule has 1 unspecified atom stereocenters. The van der Waals surface area contributed by atoms with Crippen LogP contribution >= 0.6 is 0 Å². The molecule has 0 radical (unpaired) electrons. The van der Waals surface area contributed by atoms with Gasteiger partial charge in [0, 0.05) is 25.2 Å². The smallest absolute Gasteiger partial charge is 0.220 e. The number of aromatic nitrogens is 1. The van der Waals surface area contributed by atoms with Crippen molar-refractivity contribution in [2.75, 3.05) is 7.11 Å². The van der Waals surface area contributed by atoms with Gasteiger partial charge in [0.15, 0.2) is 0 Å². The number of nitrogens with zero attached hydrogens (tertiary/aromatic N) is 1. The zero-order valence-corrected chi connectivity index (χ0v) is 10.6. The number of hydrogen-bond acceptors (Lipinski definition) is 3. The molecule has 1 N–H and O–H groups in total. The highest BCUT2D eigenvalue weighted by Gasteiger charge is 2.13. The van der Waals surface area contributed by atoms with Crippen LogP contribution in [0, 0.1) is 5.92 Å². The lowest BCUT2D eigenvalue weighted by molar-refractivity contribution is -0.121. The highest BCUT2D eigenvalue weighted by atomic mass is 16.5. The van der Waals surface area contributed by atoms with Gasteiger partial charge in [0.05, 0.1) is 7.11 Å². The lowest BCUT2D eigenvalue weighted by Gasteiger charge is -2.09. The number of ether oxygens (including phenoxy) is 1. The monoisotopic (exact) mass is 246 g/mol. The van der Waals surface area contributed by atoms with Crippen LogP contribution < -0.4 is 10.1 Å². The van der Waals surface area contributed by atoms with Gasteiger partial charge >= 0.3 is 0 Å². The van der Waals surface area contributed by atoms with Gasteiger partial charge in [-0.3, -0.25) is 4.79 Å². The highest BCUT2D eigenvalue weighted by Crippen LogP contribution is 2.20. The van der Waals surface area contributed by atoms with E-state index in [9.17, 15) is 4.79 Å². The number of hydrogen-bond donors (Lipinski definition) is 1. The number of methoxy groups -OCH3 is 1. The SMILES string of the molecule is COc1cc(CNC(=O)CC2C=CCC2)ccn1. The number of amides is 1. The van der Waals surface area contributed by atoms with E-state index in [2.05, 4.69) is 22.5 Å². The molecule has 4 nitrogen and oxygen atoms in total. The Bertz CT molecular complexity index is 443. The third-order valence-corrected chi connectivity index (χ3v) is 3.06. The van der Waals surface area contributed by atoms with Gasteiger partial charge < -0.3 is 10.1 Å². The third-order valence-electron chi connectivity index (χ3n) is 3.06. The average Bonchev–Trinajstić information content (AvgIpc) is 2.89. The lowest BCUT2D eigenvalue weighted by atomic mass is 10.1. The fourth-order valence-electron chi connectivity index (χ4n) is 2.05. The van der Waals surface area contributed by atoms with Crippen LogP contribution in [0.4, 0.5) is 0 Å². The second kappa shape index (κ2) is 6.19.